The molecule has 1 unspecified atom stereocenters. The summed E-state index contributed by atoms with van der Waals surface area (Å²) in [6.45, 7) is 3.22. The second-order valence-corrected chi connectivity index (χ2v) is 8.43. The lowest BCUT2D eigenvalue weighted by Crippen LogP contribution is -2.70. The summed E-state index contributed by atoms with van der Waals surface area (Å²) in [7, 11) is 0. The summed E-state index contributed by atoms with van der Waals surface area (Å²) in [5, 5.41) is 3.84. The molecule has 1 atom stereocenters. The van der Waals surface area contributed by atoms with Gasteiger partial charge in [0.2, 0.25) is 17.4 Å². The van der Waals surface area contributed by atoms with Crippen molar-refractivity contribution in [2.75, 3.05) is 4.90 Å². The van der Waals surface area contributed by atoms with Crippen molar-refractivity contribution in [3.8, 4) is 11.4 Å². The molecule has 0 radical (unpaired) electrons. The van der Waals surface area contributed by atoms with Crippen molar-refractivity contribution >= 4 is 23.5 Å². The van der Waals surface area contributed by atoms with Crippen LogP contribution in [-0.4, -0.2) is 44.5 Å². The first-order chi connectivity index (χ1) is 16.3. The predicted molar refractivity (Wildman–Crippen MR) is 117 cm³/mol. The van der Waals surface area contributed by atoms with Crippen LogP contribution in [-0.2, 0) is 20.9 Å². The maximum Gasteiger partial charge on any atom is 0.354 e. The van der Waals surface area contributed by atoms with Crippen molar-refractivity contribution in [1.29, 1.82) is 0 Å². The molecule has 1 fully saturated rings. The zero-order valence-corrected chi connectivity index (χ0v) is 18.5. The molecular formula is C24H21FN4O5. The molecular weight excluding hydrogens is 443 g/mol. The fourth-order valence-corrected chi connectivity index (χ4v) is 4.65. The van der Waals surface area contributed by atoms with Gasteiger partial charge in [-0.05, 0) is 50.2 Å². The third kappa shape index (κ3) is 3.25. The summed E-state index contributed by atoms with van der Waals surface area (Å²) >= 11 is 0. The molecule has 0 bridgehead atoms. The highest BCUT2D eigenvalue weighted by atomic mass is 19.1. The van der Waals surface area contributed by atoms with Gasteiger partial charge in [-0.2, -0.15) is 4.98 Å². The van der Waals surface area contributed by atoms with Crippen molar-refractivity contribution in [1.82, 2.24) is 15.0 Å². The molecule has 5 rings (SSSR count). The molecule has 2 aliphatic rings. The van der Waals surface area contributed by atoms with Gasteiger partial charge in [0.05, 0.1) is 11.3 Å². The topological polar surface area (TPSA) is 106 Å². The van der Waals surface area contributed by atoms with Crippen molar-refractivity contribution in [3.63, 3.8) is 0 Å². The van der Waals surface area contributed by atoms with E-state index in [2.05, 4.69) is 10.1 Å². The van der Waals surface area contributed by atoms with E-state index in [0.717, 1.165) is 0 Å². The minimum Gasteiger partial charge on any atom is -0.452 e. The third-order valence-electron chi connectivity index (χ3n) is 6.04. The van der Waals surface area contributed by atoms with Crippen LogP contribution in [0.25, 0.3) is 11.4 Å². The number of hydrogen-bond acceptors (Lipinski definition) is 7. The molecule has 2 aromatic carbocycles. The van der Waals surface area contributed by atoms with Crippen LogP contribution in [0.1, 0.15) is 42.9 Å². The number of esters is 1. The van der Waals surface area contributed by atoms with Gasteiger partial charge in [0.15, 0.2) is 6.61 Å². The fourth-order valence-electron chi connectivity index (χ4n) is 4.65. The van der Waals surface area contributed by atoms with Crippen molar-refractivity contribution in [2.24, 2.45) is 0 Å². The first-order valence-electron chi connectivity index (χ1n) is 10.8. The van der Waals surface area contributed by atoms with Gasteiger partial charge in [0.25, 0.3) is 11.8 Å². The lowest BCUT2D eigenvalue weighted by molar-refractivity contribution is -0.160. The van der Waals surface area contributed by atoms with Crippen LogP contribution in [0.3, 0.4) is 0 Å². The highest BCUT2D eigenvalue weighted by Gasteiger charge is 2.62. The molecule has 174 valence electrons. The number of fused-ring (bicyclic) bond motifs is 3. The zero-order valence-electron chi connectivity index (χ0n) is 18.5. The maximum absolute atomic E-state index is 13.6. The van der Waals surface area contributed by atoms with E-state index < -0.39 is 17.4 Å². The molecule has 3 heterocycles. The van der Waals surface area contributed by atoms with Crippen molar-refractivity contribution < 1.29 is 28.0 Å². The summed E-state index contributed by atoms with van der Waals surface area (Å²) in [5.74, 6) is -1.51. The summed E-state index contributed by atoms with van der Waals surface area (Å²) in [6, 6.07) is 11.9. The highest BCUT2D eigenvalue weighted by molar-refractivity contribution is 6.15. The monoisotopic (exact) mass is 464 g/mol. The molecule has 1 saturated heterocycles. The quantitative estimate of drug-likeness (QED) is 0.534. The molecule has 9 nitrogen and oxygen atoms in total. The Hall–Kier alpha value is -4.08. The number of rotatable bonds is 5. The second kappa shape index (κ2) is 8.05. The van der Waals surface area contributed by atoms with E-state index in [1.165, 1.54) is 34.1 Å². The Balaban J connectivity index is 1.45. The minimum atomic E-state index is -1.60. The van der Waals surface area contributed by atoms with Gasteiger partial charge in [0.1, 0.15) is 5.82 Å². The number of nitrogens with zero attached hydrogens (tertiary/aromatic N) is 4. The molecule has 1 aromatic heterocycles. The molecule has 2 amide bonds. The number of benzene rings is 2. The van der Waals surface area contributed by atoms with E-state index in [0.29, 0.717) is 16.8 Å². The van der Waals surface area contributed by atoms with Gasteiger partial charge >= 0.3 is 5.97 Å². The zero-order chi connectivity index (χ0) is 24.0. The third-order valence-corrected chi connectivity index (χ3v) is 6.04. The van der Waals surface area contributed by atoms with Crippen LogP contribution in [0.4, 0.5) is 10.1 Å². The lowest BCUT2D eigenvalue weighted by Gasteiger charge is -2.50. The lowest BCUT2D eigenvalue weighted by atomic mass is 9.95. The number of amides is 2. The number of carbonyl (C=O) groups excluding carboxylic acids is 3. The van der Waals surface area contributed by atoms with Gasteiger partial charge in [-0.15, -0.1) is 0 Å². The van der Waals surface area contributed by atoms with Gasteiger partial charge in [-0.1, -0.05) is 17.3 Å². The Labute approximate surface area is 194 Å². The van der Waals surface area contributed by atoms with Gasteiger partial charge in [-0.3, -0.25) is 14.5 Å². The van der Waals surface area contributed by atoms with Crippen LogP contribution >= 0.6 is 0 Å². The maximum atomic E-state index is 13.6. The highest BCUT2D eigenvalue weighted by Crippen LogP contribution is 2.46. The molecule has 3 aromatic rings. The molecule has 10 heteroatoms. The normalized spacial score (nSPS) is 19.4. The Bertz CT molecular complexity index is 1290. The largest absolute Gasteiger partial charge is 0.452 e. The summed E-state index contributed by atoms with van der Waals surface area (Å²) in [4.78, 5) is 46.9. The number of aromatic nitrogens is 2. The van der Waals surface area contributed by atoms with Crippen molar-refractivity contribution in [3.05, 3.63) is 65.8 Å². The van der Waals surface area contributed by atoms with E-state index in [1.54, 1.807) is 38.1 Å². The Morgan fingerprint density at radius 1 is 1.18 bits per heavy atom. The number of hydrogen-bond donors (Lipinski definition) is 0. The van der Waals surface area contributed by atoms with E-state index in [-0.39, 0.29) is 49.0 Å². The van der Waals surface area contributed by atoms with Crippen LogP contribution < -0.4 is 4.90 Å². The van der Waals surface area contributed by atoms with E-state index >= 15 is 0 Å². The van der Waals surface area contributed by atoms with Crippen molar-refractivity contribution in [2.45, 2.75) is 45.0 Å². The van der Waals surface area contributed by atoms with Gasteiger partial charge < -0.3 is 14.2 Å². The molecule has 0 N–H and O–H groups in total. The van der Waals surface area contributed by atoms with Crippen LogP contribution in [0.2, 0.25) is 0 Å². The first-order valence-corrected chi connectivity index (χ1v) is 10.8. The van der Waals surface area contributed by atoms with Crippen LogP contribution in [0, 0.1) is 5.82 Å². The molecule has 34 heavy (non-hydrogen) atoms. The Morgan fingerprint density at radius 2 is 1.91 bits per heavy atom. The average Bonchev–Trinajstić information content (AvgIpc) is 3.43. The predicted octanol–water partition coefficient (Wildman–Crippen LogP) is 3.31. The smallest absolute Gasteiger partial charge is 0.354 e. The van der Waals surface area contributed by atoms with Crippen LogP contribution in [0.15, 0.2) is 53.1 Å². The van der Waals surface area contributed by atoms with Crippen LogP contribution in [0.5, 0.6) is 0 Å². The van der Waals surface area contributed by atoms with E-state index in [1.807, 2.05) is 0 Å². The molecule has 0 saturated carbocycles. The summed E-state index contributed by atoms with van der Waals surface area (Å²) in [6.07, 6.45) is 0.197. The summed E-state index contributed by atoms with van der Waals surface area (Å²) in [5.41, 5.74) is -0.318. The number of halogens is 1. The standard InChI is InChI=1S/C24H21FN4O5/c1-14(2)28-22(31)17-5-3-4-6-18(17)29-20(30)11-12-24(28,29)23(32)33-13-19-26-21(27-34-19)15-7-9-16(25)10-8-15/h3-10,14H,11-13H2,1-2H3. The first kappa shape index (κ1) is 21.7. The molecule has 0 spiro atoms. The fraction of sp³-hybridized carbons (Fsp3) is 0.292. The Kier molecular flexibility index (Phi) is 5.15. The minimum absolute atomic E-state index is 0.0265. The van der Waals surface area contributed by atoms with Gasteiger partial charge in [0, 0.05) is 24.4 Å². The molecule has 0 aliphatic carbocycles. The second-order valence-electron chi connectivity index (χ2n) is 8.43. The number of para-hydroxylation sites is 1. The number of anilines is 1. The average molecular weight is 464 g/mol. The van der Waals surface area contributed by atoms with E-state index in [4.69, 9.17) is 9.26 Å². The van der Waals surface area contributed by atoms with Gasteiger partial charge in [-0.25, -0.2) is 9.18 Å². The summed E-state index contributed by atoms with van der Waals surface area (Å²) < 4.78 is 23.9. The molecule has 2 aliphatic heterocycles. The SMILES string of the molecule is CC(C)N1C(=O)c2ccccc2N2C(=O)CCC21C(=O)OCc1nc(-c2ccc(F)cc2)no1. The number of carbonyl (C=O) groups is 3. The Morgan fingerprint density at radius 3 is 2.65 bits per heavy atom. The number of ether oxygens (including phenoxy) is 1. The van der Waals surface area contributed by atoms with E-state index in [9.17, 15) is 18.8 Å².